The normalized spacial score (nSPS) is 10.6. The molecule has 0 aliphatic rings. The number of methoxy groups -OCH3 is 1. The van der Waals surface area contributed by atoms with E-state index in [-0.39, 0.29) is 5.97 Å². The van der Waals surface area contributed by atoms with Crippen LogP contribution in [0.4, 0.5) is 0 Å². The molecule has 0 saturated heterocycles. The summed E-state index contributed by atoms with van der Waals surface area (Å²) in [6.07, 6.45) is 2.75. The zero-order valence-corrected chi connectivity index (χ0v) is 12.5. The first-order valence-electron chi connectivity index (χ1n) is 6.95. The van der Waals surface area contributed by atoms with E-state index < -0.39 is 0 Å². The predicted octanol–water partition coefficient (Wildman–Crippen LogP) is 2.54. The van der Waals surface area contributed by atoms with E-state index in [4.69, 9.17) is 0 Å². The minimum Gasteiger partial charge on any atom is -0.465 e. The average molecular weight is 284 g/mol. The van der Waals surface area contributed by atoms with Crippen LogP contribution in [0.5, 0.6) is 0 Å². The van der Waals surface area contributed by atoms with E-state index in [1.54, 1.807) is 12.1 Å². The highest BCUT2D eigenvalue weighted by molar-refractivity contribution is 5.89. The van der Waals surface area contributed by atoms with E-state index in [1.807, 2.05) is 36.5 Å². The number of benzene rings is 1. The highest BCUT2D eigenvalue weighted by Gasteiger charge is 2.06. The number of rotatable bonds is 6. The van der Waals surface area contributed by atoms with Crippen molar-refractivity contribution in [2.75, 3.05) is 20.7 Å². The molecule has 1 aromatic carbocycles. The second-order valence-corrected chi connectivity index (χ2v) is 5.00. The van der Waals surface area contributed by atoms with Crippen LogP contribution in [0.2, 0.25) is 0 Å². The molecule has 0 atom stereocenters. The van der Waals surface area contributed by atoms with Crippen molar-refractivity contribution in [2.45, 2.75) is 13.0 Å². The molecule has 4 nitrogen and oxygen atoms in total. The summed E-state index contributed by atoms with van der Waals surface area (Å²) in [5.41, 5.74) is 2.86. The molecular weight excluding hydrogens is 264 g/mol. The molecule has 0 radical (unpaired) electrons. The van der Waals surface area contributed by atoms with Crippen molar-refractivity contribution in [1.82, 2.24) is 9.88 Å². The Kier molecular flexibility index (Phi) is 5.46. The topological polar surface area (TPSA) is 42.4 Å². The van der Waals surface area contributed by atoms with Crippen LogP contribution in [-0.4, -0.2) is 36.6 Å². The SMILES string of the molecule is COC(=O)c1ccc(CN(C)CCc2ccccn2)cc1. The third-order valence-corrected chi connectivity index (χ3v) is 3.30. The lowest BCUT2D eigenvalue weighted by Gasteiger charge is -2.16. The monoisotopic (exact) mass is 284 g/mol. The largest absolute Gasteiger partial charge is 0.465 e. The minimum atomic E-state index is -0.301. The maximum Gasteiger partial charge on any atom is 0.337 e. The summed E-state index contributed by atoms with van der Waals surface area (Å²) in [5, 5.41) is 0. The van der Waals surface area contributed by atoms with Gasteiger partial charge in [-0.3, -0.25) is 4.98 Å². The molecule has 0 N–H and O–H groups in total. The third kappa shape index (κ3) is 4.68. The van der Waals surface area contributed by atoms with Gasteiger partial charge in [0.15, 0.2) is 0 Å². The molecular formula is C17H20N2O2. The van der Waals surface area contributed by atoms with E-state index in [0.29, 0.717) is 5.56 Å². The molecule has 1 heterocycles. The summed E-state index contributed by atoms with van der Waals surface area (Å²) in [4.78, 5) is 17.9. The Morgan fingerprint density at radius 1 is 1.19 bits per heavy atom. The quantitative estimate of drug-likeness (QED) is 0.765. The van der Waals surface area contributed by atoms with Crippen LogP contribution < -0.4 is 0 Å². The summed E-state index contributed by atoms with van der Waals surface area (Å²) in [7, 11) is 3.47. The number of carbonyl (C=O) groups is 1. The first-order chi connectivity index (χ1) is 10.2. The van der Waals surface area contributed by atoms with Crippen LogP contribution in [0.25, 0.3) is 0 Å². The Bertz CT molecular complexity index is 567. The number of nitrogens with zero attached hydrogens (tertiary/aromatic N) is 2. The molecule has 0 unspecified atom stereocenters. The fourth-order valence-corrected chi connectivity index (χ4v) is 2.11. The van der Waals surface area contributed by atoms with Gasteiger partial charge in [0.25, 0.3) is 0 Å². The van der Waals surface area contributed by atoms with Crippen LogP contribution in [0.1, 0.15) is 21.6 Å². The van der Waals surface area contributed by atoms with Gasteiger partial charge in [-0.15, -0.1) is 0 Å². The first kappa shape index (κ1) is 15.2. The molecule has 0 bridgehead atoms. The molecule has 2 aromatic rings. The van der Waals surface area contributed by atoms with Gasteiger partial charge in [-0.1, -0.05) is 18.2 Å². The summed E-state index contributed by atoms with van der Waals surface area (Å²) in [5.74, 6) is -0.301. The standard InChI is InChI=1S/C17H20N2O2/c1-19(12-10-16-5-3-4-11-18-16)13-14-6-8-15(9-7-14)17(20)21-2/h3-9,11H,10,12-13H2,1-2H3. The molecule has 0 spiro atoms. The number of carbonyl (C=O) groups excluding carboxylic acids is 1. The van der Waals surface area contributed by atoms with Gasteiger partial charge >= 0.3 is 5.97 Å². The van der Waals surface area contributed by atoms with Gasteiger partial charge in [0.1, 0.15) is 0 Å². The van der Waals surface area contributed by atoms with Gasteiger partial charge in [0.2, 0.25) is 0 Å². The Balaban J connectivity index is 1.85. The fourth-order valence-electron chi connectivity index (χ4n) is 2.11. The lowest BCUT2D eigenvalue weighted by molar-refractivity contribution is 0.0600. The van der Waals surface area contributed by atoms with Gasteiger partial charge < -0.3 is 9.64 Å². The predicted molar refractivity (Wildman–Crippen MR) is 82.1 cm³/mol. The van der Waals surface area contributed by atoms with Crippen LogP contribution in [0.15, 0.2) is 48.7 Å². The van der Waals surface area contributed by atoms with Crippen LogP contribution >= 0.6 is 0 Å². The Morgan fingerprint density at radius 3 is 2.57 bits per heavy atom. The van der Waals surface area contributed by atoms with Crippen molar-refractivity contribution < 1.29 is 9.53 Å². The highest BCUT2D eigenvalue weighted by atomic mass is 16.5. The molecule has 1 aromatic heterocycles. The summed E-state index contributed by atoms with van der Waals surface area (Å²) < 4.78 is 4.69. The number of aromatic nitrogens is 1. The van der Waals surface area contributed by atoms with Crippen LogP contribution in [0, 0.1) is 0 Å². The fraction of sp³-hybridized carbons (Fsp3) is 0.294. The van der Waals surface area contributed by atoms with Crippen LogP contribution in [0.3, 0.4) is 0 Å². The molecule has 0 saturated carbocycles. The number of hydrogen-bond acceptors (Lipinski definition) is 4. The van der Waals surface area contributed by atoms with E-state index in [1.165, 1.54) is 12.7 Å². The molecule has 0 aliphatic carbocycles. The number of esters is 1. The molecule has 2 rings (SSSR count). The highest BCUT2D eigenvalue weighted by Crippen LogP contribution is 2.08. The second-order valence-electron chi connectivity index (χ2n) is 5.00. The summed E-state index contributed by atoms with van der Waals surface area (Å²) in [6.45, 7) is 1.78. The maximum atomic E-state index is 11.4. The van der Waals surface area contributed by atoms with E-state index >= 15 is 0 Å². The van der Waals surface area contributed by atoms with Crippen molar-refractivity contribution >= 4 is 5.97 Å². The minimum absolute atomic E-state index is 0.301. The van der Waals surface area contributed by atoms with E-state index in [9.17, 15) is 4.79 Å². The van der Waals surface area contributed by atoms with Gasteiger partial charge in [-0.2, -0.15) is 0 Å². The maximum absolute atomic E-state index is 11.4. The Labute approximate surface area is 125 Å². The van der Waals surface area contributed by atoms with Gasteiger partial charge in [-0.05, 0) is 36.9 Å². The molecule has 110 valence electrons. The van der Waals surface area contributed by atoms with Gasteiger partial charge in [0, 0.05) is 31.4 Å². The molecule has 0 aliphatic heterocycles. The molecule has 4 heteroatoms. The average Bonchev–Trinajstić information content (AvgIpc) is 2.54. The number of likely N-dealkylation sites (N-methyl/N-ethyl adjacent to an activating group) is 1. The molecule has 0 amide bonds. The lowest BCUT2D eigenvalue weighted by atomic mass is 10.1. The first-order valence-corrected chi connectivity index (χ1v) is 6.95. The number of pyridine rings is 1. The molecule has 0 fully saturated rings. The van der Waals surface area contributed by atoms with Crippen molar-refractivity contribution in [1.29, 1.82) is 0 Å². The zero-order chi connectivity index (χ0) is 15.1. The summed E-state index contributed by atoms with van der Waals surface area (Å²) in [6, 6.07) is 13.5. The smallest absolute Gasteiger partial charge is 0.337 e. The van der Waals surface area contributed by atoms with Gasteiger partial charge in [-0.25, -0.2) is 4.79 Å². The number of hydrogen-bond donors (Lipinski definition) is 0. The van der Waals surface area contributed by atoms with Crippen molar-refractivity contribution in [3.05, 3.63) is 65.5 Å². The van der Waals surface area contributed by atoms with Crippen molar-refractivity contribution in [3.63, 3.8) is 0 Å². The van der Waals surface area contributed by atoms with Gasteiger partial charge in [0.05, 0.1) is 12.7 Å². The summed E-state index contributed by atoms with van der Waals surface area (Å²) >= 11 is 0. The van der Waals surface area contributed by atoms with E-state index in [2.05, 4.69) is 21.7 Å². The Hall–Kier alpha value is -2.20. The van der Waals surface area contributed by atoms with Crippen molar-refractivity contribution in [3.8, 4) is 0 Å². The Morgan fingerprint density at radius 2 is 1.95 bits per heavy atom. The lowest BCUT2D eigenvalue weighted by Crippen LogP contribution is -2.21. The number of ether oxygens (including phenoxy) is 1. The zero-order valence-electron chi connectivity index (χ0n) is 12.5. The van der Waals surface area contributed by atoms with Crippen LogP contribution in [-0.2, 0) is 17.7 Å². The van der Waals surface area contributed by atoms with Crippen molar-refractivity contribution in [2.24, 2.45) is 0 Å². The molecule has 21 heavy (non-hydrogen) atoms. The third-order valence-electron chi connectivity index (χ3n) is 3.30. The second kappa shape index (κ2) is 7.55. The van der Waals surface area contributed by atoms with E-state index in [0.717, 1.165) is 25.2 Å².